The van der Waals surface area contributed by atoms with E-state index in [1.54, 1.807) is 6.33 Å². The van der Waals surface area contributed by atoms with Gasteiger partial charge in [-0.15, -0.1) is 0 Å². The summed E-state index contributed by atoms with van der Waals surface area (Å²) < 4.78 is 0. The van der Waals surface area contributed by atoms with Crippen LogP contribution in [0.15, 0.2) is 60.9 Å². The number of nitrogens with zero attached hydrogens (tertiary/aromatic N) is 3. The summed E-state index contributed by atoms with van der Waals surface area (Å²) in [6.07, 6.45) is 3.51. The third-order valence-electron chi connectivity index (χ3n) is 4.55. The van der Waals surface area contributed by atoms with Gasteiger partial charge in [0.25, 0.3) is 0 Å². The van der Waals surface area contributed by atoms with Gasteiger partial charge < -0.3 is 16.0 Å². The molecule has 1 aliphatic rings. The van der Waals surface area contributed by atoms with E-state index in [0.29, 0.717) is 11.5 Å². The summed E-state index contributed by atoms with van der Waals surface area (Å²) in [4.78, 5) is 10.9. The second-order valence-electron chi connectivity index (χ2n) is 6.15. The van der Waals surface area contributed by atoms with Crippen LogP contribution in [0.25, 0.3) is 0 Å². The molecular weight excluding hydrogens is 310 g/mol. The van der Waals surface area contributed by atoms with Crippen LogP contribution in [0.1, 0.15) is 11.1 Å². The molecule has 0 radical (unpaired) electrons. The first kappa shape index (κ1) is 15.4. The van der Waals surface area contributed by atoms with Gasteiger partial charge >= 0.3 is 0 Å². The molecule has 3 aromatic rings. The molecule has 1 aliphatic heterocycles. The monoisotopic (exact) mass is 331 g/mol. The molecule has 5 nitrogen and oxygen atoms in total. The second kappa shape index (κ2) is 6.81. The zero-order valence-electron chi connectivity index (χ0n) is 14.0. The highest BCUT2D eigenvalue weighted by Crippen LogP contribution is 2.37. The van der Waals surface area contributed by atoms with Crippen molar-refractivity contribution in [3.8, 4) is 0 Å². The Morgan fingerprint density at radius 3 is 2.68 bits per heavy atom. The molecule has 25 heavy (non-hydrogen) atoms. The lowest BCUT2D eigenvalue weighted by Crippen LogP contribution is -2.18. The fourth-order valence-corrected chi connectivity index (χ4v) is 3.27. The van der Waals surface area contributed by atoms with Gasteiger partial charge in [0, 0.05) is 18.8 Å². The molecule has 0 spiro atoms. The number of hydrogen-bond donors (Lipinski definition) is 2. The lowest BCUT2D eigenvalue weighted by Gasteiger charge is -2.21. The predicted octanol–water partition coefficient (Wildman–Crippen LogP) is 3.41. The summed E-state index contributed by atoms with van der Waals surface area (Å²) in [6.45, 7) is 1.67. The standard InChI is InChI=1S/C20H21N5/c21-18-19(22-12-10-15-6-2-1-3-7-15)23-14-24-20(18)25-13-11-16-8-4-5-9-17(16)25/h1-9,14H,10-13,21H2,(H,22,23,24). The fourth-order valence-electron chi connectivity index (χ4n) is 3.27. The molecule has 0 saturated carbocycles. The minimum atomic E-state index is 0.604. The van der Waals surface area contributed by atoms with Crippen molar-refractivity contribution in [3.63, 3.8) is 0 Å². The molecule has 2 heterocycles. The van der Waals surface area contributed by atoms with Crippen LogP contribution in [-0.4, -0.2) is 23.1 Å². The lowest BCUT2D eigenvalue weighted by molar-refractivity contribution is 0.959. The summed E-state index contributed by atoms with van der Waals surface area (Å²) in [5, 5.41) is 3.35. The van der Waals surface area contributed by atoms with Gasteiger partial charge in [0.2, 0.25) is 0 Å². The molecule has 126 valence electrons. The number of nitrogens with one attached hydrogen (secondary N) is 1. The Balaban J connectivity index is 1.51. The van der Waals surface area contributed by atoms with Gasteiger partial charge in [0.1, 0.15) is 12.0 Å². The SMILES string of the molecule is Nc1c(NCCc2ccccc2)ncnc1N1CCc2ccccc21. The van der Waals surface area contributed by atoms with Crippen molar-refractivity contribution >= 4 is 23.0 Å². The van der Waals surface area contributed by atoms with Crippen LogP contribution in [0, 0.1) is 0 Å². The van der Waals surface area contributed by atoms with Crippen molar-refractivity contribution in [1.82, 2.24) is 9.97 Å². The van der Waals surface area contributed by atoms with Crippen molar-refractivity contribution in [2.75, 3.05) is 29.0 Å². The molecule has 0 aliphatic carbocycles. The van der Waals surface area contributed by atoms with E-state index in [1.165, 1.54) is 16.8 Å². The van der Waals surface area contributed by atoms with E-state index >= 15 is 0 Å². The Kier molecular flexibility index (Phi) is 4.21. The van der Waals surface area contributed by atoms with Crippen molar-refractivity contribution in [3.05, 3.63) is 72.1 Å². The minimum absolute atomic E-state index is 0.604. The molecule has 0 bridgehead atoms. The van der Waals surface area contributed by atoms with Crippen molar-refractivity contribution < 1.29 is 0 Å². The van der Waals surface area contributed by atoms with Gasteiger partial charge in [0.15, 0.2) is 11.6 Å². The highest BCUT2D eigenvalue weighted by atomic mass is 15.2. The van der Waals surface area contributed by atoms with Crippen LogP contribution in [0.2, 0.25) is 0 Å². The first-order valence-corrected chi connectivity index (χ1v) is 8.56. The fraction of sp³-hybridized carbons (Fsp3) is 0.200. The van der Waals surface area contributed by atoms with Crippen LogP contribution in [-0.2, 0) is 12.8 Å². The third-order valence-corrected chi connectivity index (χ3v) is 4.55. The maximum absolute atomic E-state index is 6.37. The Labute approximate surface area is 147 Å². The molecule has 0 fully saturated rings. The van der Waals surface area contributed by atoms with E-state index in [0.717, 1.165) is 31.7 Å². The lowest BCUT2D eigenvalue weighted by atomic mass is 10.1. The molecule has 4 rings (SSSR count). The summed E-state index contributed by atoms with van der Waals surface area (Å²) in [5.74, 6) is 1.48. The minimum Gasteiger partial charge on any atom is -0.393 e. The van der Waals surface area contributed by atoms with E-state index in [4.69, 9.17) is 5.73 Å². The number of nitrogens with two attached hydrogens (primary N) is 1. The second-order valence-corrected chi connectivity index (χ2v) is 6.15. The number of hydrogen-bond acceptors (Lipinski definition) is 5. The van der Waals surface area contributed by atoms with Gasteiger partial charge in [0.05, 0.1) is 0 Å². The summed E-state index contributed by atoms with van der Waals surface area (Å²) >= 11 is 0. The smallest absolute Gasteiger partial charge is 0.161 e. The number of nitrogen functional groups attached to an aromatic ring is 1. The quantitative estimate of drug-likeness (QED) is 0.750. The zero-order chi connectivity index (χ0) is 17.1. The first-order valence-electron chi connectivity index (χ1n) is 8.56. The van der Waals surface area contributed by atoms with Crippen LogP contribution < -0.4 is 16.0 Å². The van der Waals surface area contributed by atoms with Crippen LogP contribution >= 0.6 is 0 Å². The van der Waals surface area contributed by atoms with Gasteiger partial charge in [-0.05, 0) is 30.0 Å². The average Bonchev–Trinajstić information content (AvgIpc) is 3.08. The van der Waals surface area contributed by atoms with E-state index in [-0.39, 0.29) is 0 Å². The van der Waals surface area contributed by atoms with E-state index < -0.39 is 0 Å². The molecule has 2 aromatic carbocycles. The zero-order valence-corrected chi connectivity index (χ0v) is 14.0. The topological polar surface area (TPSA) is 67.1 Å². The Morgan fingerprint density at radius 2 is 1.80 bits per heavy atom. The van der Waals surface area contributed by atoms with E-state index in [9.17, 15) is 0 Å². The van der Waals surface area contributed by atoms with Crippen molar-refractivity contribution in [1.29, 1.82) is 0 Å². The average molecular weight is 331 g/mol. The van der Waals surface area contributed by atoms with Crippen molar-refractivity contribution in [2.24, 2.45) is 0 Å². The molecule has 3 N–H and O–H groups in total. The van der Waals surface area contributed by atoms with Gasteiger partial charge in [-0.2, -0.15) is 0 Å². The molecule has 0 saturated heterocycles. The molecule has 0 unspecified atom stereocenters. The number of rotatable bonds is 5. The molecule has 0 atom stereocenters. The number of para-hydroxylation sites is 1. The Morgan fingerprint density at radius 1 is 1.00 bits per heavy atom. The number of aromatic nitrogens is 2. The molecule has 1 aromatic heterocycles. The van der Waals surface area contributed by atoms with Crippen LogP contribution in [0.3, 0.4) is 0 Å². The third kappa shape index (κ3) is 3.13. The highest BCUT2D eigenvalue weighted by Gasteiger charge is 2.23. The number of anilines is 4. The van der Waals surface area contributed by atoms with Crippen LogP contribution in [0.5, 0.6) is 0 Å². The van der Waals surface area contributed by atoms with E-state index in [1.807, 2.05) is 12.1 Å². The molecule has 0 amide bonds. The highest BCUT2D eigenvalue weighted by molar-refractivity contribution is 5.81. The van der Waals surface area contributed by atoms with Crippen molar-refractivity contribution in [2.45, 2.75) is 12.8 Å². The summed E-state index contributed by atoms with van der Waals surface area (Å²) in [7, 11) is 0. The Hall–Kier alpha value is -3.08. The normalized spacial score (nSPS) is 12.9. The molecule has 5 heteroatoms. The summed E-state index contributed by atoms with van der Waals surface area (Å²) in [5.41, 5.74) is 10.8. The Bertz CT molecular complexity index is 863. The largest absolute Gasteiger partial charge is 0.393 e. The summed E-state index contributed by atoms with van der Waals surface area (Å²) in [6, 6.07) is 18.8. The van der Waals surface area contributed by atoms with Crippen LogP contribution in [0.4, 0.5) is 23.0 Å². The van der Waals surface area contributed by atoms with E-state index in [2.05, 4.69) is 62.6 Å². The predicted molar refractivity (Wildman–Crippen MR) is 102 cm³/mol. The maximum Gasteiger partial charge on any atom is 0.161 e. The van der Waals surface area contributed by atoms with Gasteiger partial charge in [-0.1, -0.05) is 48.5 Å². The first-order chi connectivity index (χ1) is 12.3. The number of benzene rings is 2. The number of fused-ring (bicyclic) bond motifs is 1. The van der Waals surface area contributed by atoms with Gasteiger partial charge in [-0.3, -0.25) is 0 Å². The maximum atomic E-state index is 6.37. The van der Waals surface area contributed by atoms with Gasteiger partial charge in [-0.25, -0.2) is 9.97 Å². The molecular formula is C20H21N5.